The summed E-state index contributed by atoms with van der Waals surface area (Å²) in [7, 11) is -3.65. The van der Waals surface area contributed by atoms with Gasteiger partial charge in [-0.1, -0.05) is 13.2 Å². The van der Waals surface area contributed by atoms with Crippen LogP contribution in [0, 0.1) is 0 Å². The molecule has 64 valence electrons. The van der Waals surface area contributed by atoms with Crippen LogP contribution in [0.5, 0.6) is 0 Å². The summed E-state index contributed by atoms with van der Waals surface area (Å²) in [5.74, 6) is -0.930. The fourth-order valence-corrected chi connectivity index (χ4v) is 2.51. The molecule has 1 saturated heterocycles. The number of hydrogen-bond acceptors (Lipinski definition) is 0. The van der Waals surface area contributed by atoms with Crippen LogP contribution in [-0.4, -0.2) is 17.7 Å². The molecule has 1 aliphatic rings. The summed E-state index contributed by atoms with van der Waals surface area (Å²) in [4.78, 5) is 0. The molecular weight excluding hydrogens is 173 g/mol. The number of hydrogen-bond donors (Lipinski definition) is 0. The molecule has 0 amide bonds. The van der Waals surface area contributed by atoms with Gasteiger partial charge in [0.15, 0.2) is 0 Å². The van der Waals surface area contributed by atoms with E-state index >= 15 is 0 Å². The zero-order valence-corrected chi connectivity index (χ0v) is 6.76. The van der Waals surface area contributed by atoms with Crippen LogP contribution in [0.4, 0.5) is 12.2 Å². The Morgan fingerprint density at radius 1 is 1.18 bits per heavy atom. The van der Waals surface area contributed by atoms with Gasteiger partial charge in [0.1, 0.15) is 6.17 Å². The van der Waals surface area contributed by atoms with Crippen molar-refractivity contribution in [3.05, 3.63) is 24.3 Å². The van der Waals surface area contributed by atoms with E-state index in [2.05, 4.69) is 13.2 Å². The zero-order valence-electron chi connectivity index (χ0n) is 5.95. The second-order valence-electron chi connectivity index (χ2n) is 2.67. The summed E-state index contributed by atoms with van der Waals surface area (Å²) in [5.41, 5.74) is -0.0532. The maximum Gasteiger partial charge on any atom is 0.144 e. The molecule has 0 nitrogen and oxygen atoms in total. The monoisotopic (exact) mass is 182 g/mol. The van der Waals surface area contributed by atoms with Crippen molar-refractivity contribution < 1.29 is 12.2 Å². The summed E-state index contributed by atoms with van der Waals surface area (Å²) >= 11 is 0. The van der Waals surface area contributed by atoms with E-state index < -0.39 is 28.5 Å². The van der Waals surface area contributed by atoms with Crippen LogP contribution in [0.15, 0.2) is 24.3 Å². The first-order valence-corrected chi connectivity index (χ1v) is 4.87. The smallest absolute Gasteiger partial charge is 0.144 e. The Kier molecular flexibility index (Phi) is 2.05. The summed E-state index contributed by atoms with van der Waals surface area (Å²) in [6.45, 7) is 6.49. The van der Waals surface area contributed by atoms with Gasteiger partial charge < -0.3 is 0 Å². The fourth-order valence-electron chi connectivity index (χ4n) is 1.03. The van der Waals surface area contributed by atoms with Gasteiger partial charge in [0.25, 0.3) is 0 Å². The summed E-state index contributed by atoms with van der Waals surface area (Å²) in [6.07, 6.45) is -1.41. The third-order valence-corrected chi connectivity index (χ3v) is 3.10. The van der Waals surface area contributed by atoms with Gasteiger partial charge in [-0.05, 0) is 11.1 Å². The van der Waals surface area contributed by atoms with Crippen molar-refractivity contribution >= 4 is 10.8 Å². The van der Waals surface area contributed by atoms with Crippen LogP contribution in [0.2, 0.25) is 0 Å². The highest BCUT2D eigenvalue weighted by Crippen LogP contribution is 2.57. The molecule has 11 heavy (non-hydrogen) atoms. The van der Waals surface area contributed by atoms with Gasteiger partial charge in [-0.3, -0.25) is 0 Å². The van der Waals surface area contributed by atoms with Crippen molar-refractivity contribution in [2.75, 3.05) is 11.5 Å². The molecule has 0 spiro atoms. The van der Waals surface area contributed by atoms with Gasteiger partial charge in [0.2, 0.25) is 0 Å². The lowest BCUT2D eigenvalue weighted by Gasteiger charge is -2.30. The molecule has 0 aromatic heterocycles. The molecule has 0 N–H and O–H groups in total. The van der Waals surface area contributed by atoms with Crippen molar-refractivity contribution in [1.29, 1.82) is 0 Å². The average molecular weight is 182 g/mol. The first kappa shape index (κ1) is 8.71. The lowest BCUT2D eigenvalue weighted by Crippen LogP contribution is -2.22. The van der Waals surface area contributed by atoms with Gasteiger partial charge in [-0.15, -0.1) is 0 Å². The molecule has 0 radical (unpaired) electrons. The maximum atomic E-state index is 12.8. The van der Waals surface area contributed by atoms with Crippen molar-refractivity contribution in [2.45, 2.75) is 6.17 Å². The van der Waals surface area contributed by atoms with Crippen LogP contribution in [-0.2, 0) is 0 Å². The van der Waals surface area contributed by atoms with Crippen molar-refractivity contribution in [2.24, 2.45) is 0 Å². The number of rotatable bonds is 0. The molecule has 1 fully saturated rings. The Bertz CT molecular complexity index is 190. The minimum atomic E-state index is -3.65. The lowest BCUT2D eigenvalue weighted by atomic mass is 10.1. The molecule has 0 bridgehead atoms. The van der Waals surface area contributed by atoms with E-state index in [1.165, 1.54) is 0 Å². The zero-order chi connectivity index (χ0) is 8.65. The number of halogens is 3. The normalized spacial score (nSPS) is 28.6. The van der Waals surface area contributed by atoms with Crippen molar-refractivity contribution in [1.82, 2.24) is 0 Å². The average Bonchev–Trinajstić information content (AvgIpc) is 1.81. The molecule has 1 heterocycles. The quantitative estimate of drug-likeness (QED) is 0.505. The van der Waals surface area contributed by atoms with E-state index in [9.17, 15) is 12.2 Å². The van der Waals surface area contributed by atoms with E-state index in [0.717, 1.165) is 0 Å². The third kappa shape index (κ3) is 1.80. The molecule has 0 atom stereocenters. The van der Waals surface area contributed by atoms with Gasteiger partial charge in [-0.2, -0.15) is 7.77 Å². The second kappa shape index (κ2) is 2.59. The Balaban J connectivity index is 2.78. The predicted octanol–water partition coefficient (Wildman–Crippen LogP) is 3.02. The molecule has 4 heteroatoms. The van der Waals surface area contributed by atoms with Crippen LogP contribution in [0.25, 0.3) is 0 Å². The second-order valence-corrected chi connectivity index (χ2v) is 4.64. The van der Waals surface area contributed by atoms with E-state index in [1.807, 2.05) is 0 Å². The van der Waals surface area contributed by atoms with Gasteiger partial charge in [0.05, 0.1) is 22.3 Å². The van der Waals surface area contributed by atoms with Gasteiger partial charge in [-0.25, -0.2) is 4.39 Å². The standard InChI is InChI=1S/C7H9F3S/c1-5-3-11(9,10)4-6(2)7(5)8/h7H,1-4H2. The maximum absolute atomic E-state index is 12.8. The first-order valence-electron chi connectivity index (χ1n) is 3.10. The highest BCUT2D eigenvalue weighted by Gasteiger charge is 2.35. The predicted molar refractivity (Wildman–Crippen MR) is 42.7 cm³/mol. The SMILES string of the molecule is C=C1CS(F)(F)CC(=C)C1F. The van der Waals surface area contributed by atoms with Crippen molar-refractivity contribution in [3.8, 4) is 0 Å². The summed E-state index contributed by atoms with van der Waals surface area (Å²) in [6, 6.07) is 0. The molecule has 0 unspecified atom stereocenters. The lowest BCUT2D eigenvalue weighted by molar-refractivity contribution is 0.427. The molecule has 0 aromatic carbocycles. The van der Waals surface area contributed by atoms with E-state index in [0.29, 0.717) is 0 Å². The third-order valence-electron chi connectivity index (χ3n) is 1.51. The molecule has 1 rings (SSSR count). The van der Waals surface area contributed by atoms with Crippen LogP contribution < -0.4 is 0 Å². The largest absolute Gasteiger partial charge is 0.238 e. The Hall–Kier alpha value is -0.380. The van der Waals surface area contributed by atoms with E-state index in [1.54, 1.807) is 0 Å². The highest BCUT2D eigenvalue weighted by molar-refractivity contribution is 8.25. The Morgan fingerprint density at radius 3 is 1.91 bits per heavy atom. The van der Waals surface area contributed by atoms with Gasteiger partial charge in [0, 0.05) is 0 Å². The minimum absolute atomic E-state index is 0.0266. The van der Waals surface area contributed by atoms with Crippen LogP contribution in [0.1, 0.15) is 0 Å². The van der Waals surface area contributed by atoms with Crippen molar-refractivity contribution in [3.63, 3.8) is 0 Å². The molecular formula is C7H9F3S. The summed E-state index contributed by atoms with van der Waals surface area (Å²) < 4.78 is 38.1. The molecule has 1 aliphatic heterocycles. The molecule has 0 saturated carbocycles. The Morgan fingerprint density at radius 2 is 1.55 bits per heavy atom. The van der Waals surface area contributed by atoms with Crippen LogP contribution in [0.3, 0.4) is 0 Å². The van der Waals surface area contributed by atoms with E-state index in [4.69, 9.17) is 0 Å². The molecule has 0 aromatic rings. The minimum Gasteiger partial charge on any atom is -0.238 e. The summed E-state index contributed by atoms with van der Waals surface area (Å²) in [5, 5.41) is 0. The fraction of sp³-hybridized carbons (Fsp3) is 0.429. The molecule has 0 aliphatic carbocycles. The topological polar surface area (TPSA) is 0 Å². The first-order chi connectivity index (χ1) is 4.92. The van der Waals surface area contributed by atoms with Gasteiger partial charge >= 0.3 is 0 Å². The highest BCUT2D eigenvalue weighted by atomic mass is 32.3. The Labute approximate surface area is 65.7 Å². The van der Waals surface area contributed by atoms with E-state index in [-0.39, 0.29) is 11.1 Å². The number of alkyl halides is 1. The van der Waals surface area contributed by atoms with Crippen LogP contribution >= 0.6 is 10.8 Å².